The zero-order chi connectivity index (χ0) is 26.3. The number of methoxy groups -OCH3 is 1. The smallest absolute Gasteiger partial charge is 0.349 e. The summed E-state index contributed by atoms with van der Waals surface area (Å²) >= 11 is 3.53. The quantitative estimate of drug-likeness (QED) is 0.108. The third kappa shape index (κ3) is 5.96. The summed E-state index contributed by atoms with van der Waals surface area (Å²) in [5.74, 6) is 0.831. The molecule has 5 aromatic carbocycles. The highest BCUT2D eigenvalue weighted by molar-refractivity contribution is 9.10. The topological polar surface area (TPSA) is 44.8 Å². The standard InChI is InChI=1S/C33H25BrO4/c1-36-32-20-23(14-16-26-12-7-11-25-10-5-6-13-28(25)26)15-18-31(32)38-33(35)22-37-30-19-17-27(21-29(30)34)24-8-3-2-4-9-24/h2-21H,22H2,1H3/b16-14+. The van der Waals surface area contributed by atoms with Gasteiger partial charge in [-0.2, -0.15) is 0 Å². The lowest BCUT2D eigenvalue weighted by Crippen LogP contribution is -2.18. The van der Waals surface area contributed by atoms with Gasteiger partial charge >= 0.3 is 5.97 Å². The highest BCUT2D eigenvalue weighted by Gasteiger charge is 2.13. The van der Waals surface area contributed by atoms with E-state index in [-0.39, 0.29) is 6.61 Å². The van der Waals surface area contributed by atoms with Crippen LogP contribution in [0.2, 0.25) is 0 Å². The van der Waals surface area contributed by atoms with Crippen molar-refractivity contribution in [3.63, 3.8) is 0 Å². The summed E-state index contributed by atoms with van der Waals surface area (Å²) in [5, 5.41) is 2.38. The Morgan fingerprint density at radius 2 is 1.50 bits per heavy atom. The Balaban J connectivity index is 1.23. The van der Waals surface area contributed by atoms with Gasteiger partial charge in [0.05, 0.1) is 11.6 Å². The lowest BCUT2D eigenvalue weighted by Gasteiger charge is -2.12. The molecule has 38 heavy (non-hydrogen) atoms. The van der Waals surface area contributed by atoms with Gasteiger partial charge in [-0.05, 0) is 73.2 Å². The number of rotatable bonds is 8. The summed E-state index contributed by atoms with van der Waals surface area (Å²) in [6.45, 7) is -0.241. The summed E-state index contributed by atoms with van der Waals surface area (Å²) in [4.78, 5) is 12.5. The maximum atomic E-state index is 12.5. The average Bonchev–Trinajstić information content (AvgIpc) is 2.96. The van der Waals surface area contributed by atoms with Gasteiger partial charge in [0.1, 0.15) is 5.75 Å². The average molecular weight is 565 g/mol. The van der Waals surface area contributed by atoms with Crippen molar-refractivity contribution >= 4 is 44.8 Å². The molecule has 0 radical (unpaired) electrons. The van der Waals surface area contributed by atoms with Gasteiger partial charge < -0.3 is 14.2 Å². The molecule has 0 amide bonds. The van der Waals surface area contributed by atoms with Gasteiger partial charge in [-0.1, -0.05) is 97.1 Å². The van der Waals surface area contributed by atoms with Crippen molar-refractivity contribution in [3.05, 3.63) is 125 Å². The Kier molecular flexibility index (Phi) is 7.86. The first-order chi connectivity index (χ1) is 18.6. The number of benzene rings is 5. The van der Waals surface area contributed by atoms with Crippen LogP contribution in [0.4, 0.5) is 0 Å². The van der Waals surface area contributed by atoms with E-state index in [1.807, 2.05) is 84.9 Å². The first kappa shape index (κ1) is 25.3. The molecule has 0 saturated heterocycles. The molecule has 188 valence electrons. The molecule has 0 aliphatic heterocycles. The number of hydrogen-bond acceptors (Lipinski definition) is 4. The van der Waals surface area contributed by atoms with Gasteiger partial charge in [0.15, 0.2) is 18.1 Å². The SMILES string of the molecule is COc1cc(/C=C/c2cccc3ccccc23)ccc1OC(=O)COc1ccc(-c2ccccc2)cc1Br. The van der Waals surface area contributed by atoms with Crippen molar-refractivity contribution in [2.24, 2.45) is 0 Å². The molecule has 0 spiro atoms. The molecular formula is C33H25BrO4. The summed E-state index contributed by atoms with van der Waals surface area (Å²) in [6.07, 6.45) is 4.08. The van der Waals surface area contributed by atoms with Gasteiger partial charge in [-0.25, -0.2) is 4.79 Å². The molecule has 5 rings (SSSR count). The molecule has 0 aromatic heterocycles. The van der Waals surface area contributed by atoms with Crippen LogP contribution in [0.25, 0.3) is 34.1 Å². The molecule has 0 bridgehead atoms. The molecule has 5 aromatic rings. The third-order valence-electron chi connectivity index (χ3n) is 6.07. The lowest BCUT2D eigenvalue weighted by atomic mass is 10.0. The zero-order valence-electron chi connectivity index (χ0n) is 20.8. The molecule has 0 N–H and O–H groups in total. The van der Waals surface area contributed by atoms with E-state index in [0.29, 0.717) is 17.2 Å². The maximum absolute atomic E-state index is 12.5. The minimum Gasteiger partial charge on any atom is -0.493 e. The summed E-state index contributed by atoms with van der Waals surface area (Å²) in [7, 11) is 1.55. The Morgan fingerprint density at radius 3 is 2.32 bits per heavy atom. The minimum atomic E-state index is -0.526. The molecular weight excluding hydrogens is 540 g/mol. The molecule has 4 nitrogen and oxygen atoms in total. The highest BCUT2D eigenvalue weighted by atomic mass is 79.9. The van der Waals surface area contributed by atoms with Crippen molar-refractivity contribution in [2.75, 3.05) is 13.7 Å². The number of hydrogen-bond donors (Lipinski definition) is 0. The first-order valence-electron chi connectivity index (χ1n) is 12.1. The number of esters is 1. The van der Waals surface area contributed by atoms with E-state index in [9.17, 15) is 4.79 Å². The molecule has 5 heteroatoms. The van der Waals surface area contributed by atoms with Crippen molar-refractivity contribution in [2.45, 2.75) is 0 Å². The molecule has 0 atom stereocenters. The predicted octanol–water partition coefficient (Wildman–Crippen LogP) is 8.43. The second kappa shape index (κ2) is 11.8. The molecule has 0 aliphatic carbocycles. The van der Waals surface area contributed by atoms with Crippen molar-refractivity contribution < 1.29 is 19.0 Å². The van der Waals surface area contributed by atoms with Gasteiger partial charge in [-0.15, -0.1) is 0 Å². The second-order valence-corrected chi connectivity index (χ2v) is 9.44. The van der Waals surface area contributed by atoms with E-state index < -0.39 is 5.97 Å². The molecule has 0 saturated carbocycles. The normalized spacial score (nSPS) is 11.0. The van der Waals surface area contributed by atoms with Crippen LogP contribution < -0.4 is 14.2 Å². The number of carbonyl (C=O) groups excluding carboxylic acids is 1. The van der Waals surface area contributed by atoms with Crippen LogP contribution in [0.1, 0.15) is 11.1 Å². The monoisotopic (exact) mass is 564 g/mol. The zero-order valence-corrected chi connectivity index (χ0v) is 22.4. The molecule has 0 fully saturated rings. The van der Waals surface area contributed by atoms with E-state index in [1.165, 1.54) is 10.8 Å². The minimum absolute atomic E-state index is 0.241. The van der Waals surface area contributed by atoms with Crippen LogP contribution in [-0.2, 0) is 4.79 Å². The fourth-order valence-corrected chi connectivity index (χ4v) is 4.66. The lowest BCUT2D eigenvalue weighted by molar-refractivity contribution is -0.136. The molecule has 0 heterocycles. The maximum Gasteiger partial charge on any atom is 0.349 e. The number of ether oxygens (including phenoxy) is 3. The van der Waals surface area contributed by atoms with Gasteiger partial charge in [-0.3, -0.25) is 0 Å². The van der Waals surface area contributed by atoms with Crippen LogP contribution in [0.15, 0.2) is 114 Å². The van der Waals surface area contributed by atoms with E-state index in [0.717, 1.165) is 26.7 Å². The Hall–Kier alpha value is -4.35. The van der Waals surface area contributed by atoms with Crippen LogP contribution in [-0.4, -0.2) is 19.7 Å². The van der Waals surface area contributed by atoms with Crippen molar-refractivity contribution in [3.8, 4) is 28.4 Å². The Morgan fingerprint density at radius 1 is 0.737 bits per heavy atom. The van der Waals surface area contributed by atoms with Crippen molar-refractivity contribution in [1.82, 2.24) is 0 Å². The van der Waals surface area contributed by atoms with Gasteiger partial charge in [0.25, 0.3) is 0 Å². The highest BCUT2D eigenvalue weighted by Crippen LogP contribution is 2.32. The number of carbonyl (C=O) groups is 1. The number of fused-ring (bicyclic) bond motifs is 1. The van der Waals surface area contributed by atoms with Gasteiger partial charge in [0, 0.05) is 0 Å². The Labute approximate surface area is 230 Å². The van der Waals surface area contributed by atoms with Crippen LogP contribution in [0, 0.1) is 0 Å². The van der Waals surface area contributed by atoms with E-state index >= 15 is 0 Å². The molecule has 0 aliphatic rings. The van der Waals surface area contributed by atoms with Crippen LogP contribution >= 0.6 is 15.9 Å². The number of halogens is 1. The van der Waals surface area contributed by atoms with E-state index in [4.69, 9.17) is 14.2 Å². The summed E-state index contributed by atoms with van der Waals surface area (Å²) in [5.41, 5.74) is 4.19. The predicted molar refractivity (Wildman–Crippen MR) is 157 cm³/mol. The largest absolute Gasteiger partial charge is 0.493 e. The van der Waals surface area contributed by atoms with Gasteiger partial charge in [0.2, 0.25) is 0 Å². The second-order valence-electron chi connectivity index (χ2n) is 8.59. The first-order valence-corrected chi connectivity index (χ1v) is 12.9. The summed E-state index contributed by atoms with van der Waals surface area (Å²) < 4.78 is 17.5. The van der Waals surface area contributed by atoms with E-state index in [2.05, 4.69) is 46.3 Å². The fourth-order valence-electron chi connectivity index (χ4n) is 4.17. The van der Waals surface area contributed by atoms with Crippen LogP contribution in [0.3, 0.4) is 0 Å². The van der Waals surface area contributed by atoms with E-state index in [1.54, 1.807) is 13.2 Å². The summed E-state index contributed by atoms with van der Waals surface area (Å²) in [6, 6.07) is 35.7. The van der Waals surface area contributed by atoms with Crippen molar-refractivity contribution in [1.29, 1.82) is 0 Å². The van der Waals surface area contributed by atoms with Crippen LogP contribution in [0.5, 0.6) is 17.2 Å². The molecule has 0 unspecified atom stereocenters. The third-order valence-corrected chi connectivity index (χ3v) is 6.69. The fraction of sp³-hybridized carbons (Fsp3) is 0.0606. The Bertz CT molecular complexity index is 1600.